The lowest BCUT2D eigenvalue weighted by Crippen LogP contribution is -2.56. The summed E-state index contributed by atoms with van der Waals surface area (Å²) >= 11 is 0. The number of amides is 2. The minimum atomic E-state index is -2.69. The summed E-state index contributed by atoms with van der Waals surface area (Å²) in [5, 5.41) is 5.54. The highest BCUT2D eigenvalue weighted by Crippen LogP contribution is 2.51. The lowest BCUT2D eigenvalue weighted by molar-refractivity contribution is -0.123. The van der Waals surface area contributed by atoms with E-state index in [2.05, 4.69) is 27.4 Å². The summed E-state index contributed by atoms with van der Waals surface area (Å²) in [6, 6.07) is 7.62. The van der Waals surface area contributed by atoms with Crippen molar-refractivity contribution in [2.75, 3.05) is 29.9 Å². The molecule has 2 aliphatic heterocycles. The molecule has 4 aromatic rings. The fraction of sp³-hybridized carbons (Fsp3) is 0.525. The van der Waals surface area contributed by atoms with Gasteiger partial charge in [0.2, 0.25) is 5.91 Å². The zero-order valence-electron chi connectivity index (χ0n) is 31.0. The normalized spacial score (nSPS) is 23.4. The molecule has 3 fully saturated rings. The van der Waals surface area contributed by atoms with Crippen LogP contribution < -0.4 is 15.5 Å². The van der Waals surface area contributed by atoms with Crippen molar-refractivity contribution in [2.24, 2.45) is 5.41 Å². The van der Waals surface area contributed by atoms with Crippen molar-refractivity contribution in [1.29, 1.82) is 0 Å². The van der Waals surface area contributed by atoms with Gasteiger partial charge in [-0.05, 0) is 115 Å². The number of piperidine rings is 1. The van der Waals surface area contributed by atoms with E-state index in [1.54, 1.807) is 12.5 Å². The number of pyridine rings is 2. The number of carbonyl (C=O) groups is 2. The highest BCUT2D eigenvalue weighted by molar-refractivity contribution is 6.08. The highest BCUT2D eigenvalue weighted by atomic mass is 19.3. The molecule has 0 radical (unpaired) electrons. The zero-order chi connectivity index (χ0) is 37.4. The number of fused-ring (bicyclic) bond motifs is 2. The molecule has 3 aromatic heterocycles. The Morgan fingerprint density at radius 3 is 2.43 bits per heavy atom. The average Bonchev–Trinajstić information content (AvgIpc) is 3.71. The van der Waals surface area contributed by atoms with Crippen LogP contribution in [0.2, 0.25) is 0 Å². The van der Waals surface area contributed by atoms with Gasteiger partial charge in [-0.3, -0.25) is 14.6 Å². The maximum absolute atomic E-state index is 15.4. The number of aromatic nitrogens is 4. The Morgan fingerprint density at radius 1 is 1.02 bits per heavy atom. The number of alkyl halides is 2. The third-order valence-electron chi connectivity index (χ3n) is 11.8. The summed E-state index contributed by atoms with van der Waals surface area (Å²) in [6.45, 7) is 13.5. The van der Waals surface area contributed by atoms with Gasteiger partial charge in [0.15, 0.2) is 5.82 Å². The smallest absolute Gasteiger partial charge is 0.261 e. The molecule has 0 spiro atoms. The first-order valence-electron chi connectivity index (χ1n) is 18.8. The Labute approximate surface area is 307 Å². The number of hydrogen-bond acceptors (Lipinski definition) is 7. The van der Waals surface area contributed by atoms with E-state index < -0.39 is 29.1 Å². The topological polar surface area (TPSA) is 108 Å². The first-order chi connectivity index (χ1) is 25.2. The second-order valence-corrected chi connectivity index (χ2v) is 16.8. The number of hydrogen-bond donors (Lipinski definition) is 2. The Balaban J connectivity index is 1.12. The number of likely N-dealkylation sites (tertiary alicyclic amines) is 1. The van der Waals surface area contributed by atoms with Gasteiger partial charge in [-0.1, -0.05) is 13.3 Å². The van der Waals surface area contributed by atoms with Crippen LogP contribution in [0.5, 0.6) is 0 Å². The predicted molar refractivity (Wildman–Crippen MR) is 198 cm³/mol. The lowest BCUT2D eigenvalue weighted by Gasteiger charge is -2.51. The lowest BCUT2D eigenvalue weighted by atomic mass is 9.65. The number of imidazole rings is 1. The first kappa shape index (κ1) is 35.5. The molecule has 2 amide bonds. The van der Waals surface area contributed by atoms with Gasteiger partial charge in [-0.25, -0.2) is 23.1 Å². The quantitative estimate of drug-likeness (QED) is 0.172. The van der Waals surface area contributed by atoms with Gasteiger partial charge in [0.05, 0.1) is 40.0 Å². The molecule has 53 heavy (non-hydrogen) atoms. The molecule has 280 valence electrons. The van der Waals surface area contributed by atoms with Gasteiger partial charge >= 0.3 is 0 Å². The number of nitrogens with one attached hydrogen (secondary N) is 2. The Hall–Kier alpha value is -4.52. The van der Waals surface area contributed by atoms with Gasteiger partial charge < -0.3 is 25.0 Å². The van der Waals surface area contributed by atoms with Crippen molar-refractivity contribution < 1.29 is 22.8 Å². The van der Waals surface area contributed by atoms with Crippen LogP contribution in [-0.4, -0.2) is 73.9 Å². The molecule has 5 heterocycles. The fourth-order valence-corrected chi connectivity index (χ4v) is 8.59. The van der Waals surface area contributed by atoms with Crippen LogP contribution in [-0.2, 0) is 10.2 Å². The third kappa shape index (κ3) is 6.24. The van der Waals surface area contributed by atoms with Crippen LogP contribution in [0.15, 0.2) is 42.9 Å². The molecule has 1 aromatic carbocycles. The predicted octanol–water partition coefficient (Wildman–Crippen LogP) is 7.76. The summed E-state index contributed by atoms with van der Waals surface area (Å²) in [7, 11) is 0. The molecule has 13 heteroatoms. The van der Waals surface area contributed by atoms with Crippen molar-refractivity contribution in [3.8, 4) is 11.3 Å². The third-order valence-corrected chi connectivity index (χ3v) is 11.8. The summed E-state index contributed by atoms with van der Waals surface area (Å²) in [4.78, 5) is 46.1. The first-order valence-corrected chi connectivity index (χ1v) is 18.8. The number of carbonyl (C=O) groups excluding carboxylic acids is 2. The van der Waals surface area contributed by atoms with Gasteiger partial charge in [0.1, 0.15) is 16.9 Å². The number of halogens is 3. The molecule has 8 rings (SSSR count). The van der Waals surface area contributed by atoms with Crippen molar-refractivity contribution in [3.05, 3.63) is 59.9 Å². The number of anilines is 3. The maximum atomic E-state index is 15.4. The van der Waals surface area contributed by atoms with E-state index in [4.69, 9.17) is 9.97 Å². The van der Waals surface area contributed by atoms with Crippen LogP contribution in [0.25, 0.3) is 22.3 Å². The van der Waals surface area contributed by atoms with Gasteiger partial charge in [0, 0.05) is 36.0 Å². The highest BCUT2D eigenvalue weighted by Gasteiger charge is 2.54. The Kier molecular flexibility index (Phi) is 8.58. The summed E-state index contributed by atoms with van der Waals surface area (Å²) in [5.74, 6) is -0.998. The average molecular weight is 729 g/mol. The molecule has 1 saturated heterocycles. The largest absolute Gasteiger partial charge is 0.341 e. The monoisotopic (exact) mass is 728 g/mol. The van der Waals surface area contributed by atoms with Crippen molar-refractivity contribution in [1.82, 2.24) is 29.7 Å². The SMILES string of the molecule is CC(C)n1cnc2cc(-c3cnc4c(c3)N(C3CC(C)(CN5CCCCC5)C3)C(=O)C4(C)C)nc(Nc3cc(C(=O)NC4(C(F)F)CC4)ccc3F)c21. The van der Waals surface area contributed by atoms with Crippen molar-refractivity contribution >= 4 is 40.0 Å². The van der Waals surface area contributed by atoms with Crippen LogP contribution >= 0.6 is 0 Å². The number of rotatable bonds is 10. The van der Waals surface area contributed by atoms with E-state index in [-0.39, 0.29) is 47.5 Å². The van der Waals surface area contributed by atoms with Crippen LogP contribution in [0, 0.1) is 11.2 Å². The van der Waals surface area contributed by atoms with E-state index in [0.717, 1.165) is 49.9 Å². The van der Waals surface area contributed by atoms with Crippen LogP contribution in [0.4, 0.5) is 30.4 Å². The van der Waals surface area contributed by atoms with Crippen molar-refractivity contribution in [3.63, 3.8) is 0 Å². The molecule has 0 unspecified atom stereocenters. The van der Waals surface area contributed by atoms with E-state index >= 15 is 4.39 Å². The van der Waals surface area contributed by atoms with Gasteiger partial charge in [0.25, 0.3) is 12.3 Å². The zero-order valence-corrected chi connectivity index (χ0v) is 31.0. The minimum absolute atomic E-state index is 0.00854. The molecule has 10 nitrogen and oxygen atoms in total. The number of nitrogens with zero attached hydrogens (tertiary/aromatic N) is 6. The van der Waals surface area contributed by atoms with E-state index in [0.29, 0.717) is 28.1 Å². The van der Waals surface area contributed by atoms with Gasteiger partial charge in [-0.15, -0.1) is 0 Å². The minimum Gasteiger partial charge on any atom is -0.341 e. The fourth-order valence-electron chi connectivity index (χ4n) is 8.59. The van der Waals surface area contributed by atoms with Crippen LogP contribution in [0.1, 0.15) is 102 Å². The molecule has 2 saturated carbocycles. The second kappa shape index (κ2) is 12.8. The molecule has 4 aliphatic rings. The Morgan fingerprint density at radius 2 is 1.75 bits per heavy atom. The standard InChI is InChI=1S/C40H47F3N8O2/c1-23(2)50-22-45-30-17-28(46-34(32(30)50)47-29-15-24(9-10-27(29)41)35(52)48-40(11-12-40)36(42)43)25-16-31-33(44-20-25)38(3,4)37(53)51(31)26-18-39(5,19-26)21-49-13-7-6-8-14-49/h9-10,15-17,20,22-23,26,36H,6-8,11-14,18-19,21H2,1-5H3,(H,46,47)(H,48,52). The van der Waals surface area contributed by atoms with Crippen LogP contribution in [0.3, 0.4) is 0 Å². The molecule has 0 atom stereocenters. The van der Waals surface area contributed by atoms with E-state index in [1.807, 2.05) is 49.3 Å². The molecular weight excluding hydrogens is 681 g/mol. The van der Waals surface area contributed by atoms with E-state index in [9.17, 15) is 18.4 Å². The summed E-state index contributed by atoms with van der Waals surface area (Å²) < 4.78 is 44.5. The maximum Gasteiger partial charge on any atom is 0.261 e. The van der Waals surface area contributed by atoms with E-state index in [1.165, 1.54) is 31.4 Å². The number of benzene rings is 1. The molecular formula is C40H47F3N8O2. The summed E-state index contributed by atoms with van der Waals surface area (Å²) in [6.07, 6.45) is 6.75. The summed E-state index contributed by atoms with van der Waals surface area (Å²) in [5.41, 5.74) is 1.79. The molecule has 2 aliphatic carbocycles. The molecule has 2 N–H and O–H groups in total. The second-order valence-electron chi connectivity index (χ2n) is 16.8. The molecule has 0 bridgehead atoms. The Bertz CT molecular complexity index is 2100. The van der Waals surface area contributed by atoms with Gasteiger partial charge in [-0.2, -0.15) is 0 Å². The van der Waals surface area contributed by atoms with Crippen molar-refractivity contribution in [2.45, 2.75) is 109 Å².